The van der Waals surface area contributed by atoms with E-state index in [-0.39, 0.29) is 16.9 Å². The lowest BCUT2D eigenvalue weighted by molar-refractivity contribution is -0.113. The quantitative estimate of drug-likeness (QED) is 0.741. The summed E-state index contributed by atoms with van der Waals surface area (Å²) in [4.78, 5) is 16.6. The minimum atomic E-state index is -0.0986. The normalized spacial score (nSPS) is 16.8. The first-order valence-corrected chi connectivity index (χ1v) is 8.89. The Morgan fingerprint density at radius 1 is 1.28 bits per heavy atom. The fourth-order valence-electron chi connectivity index (χ4n) is 2.98. The Kier molecular flexibility index (Phi) is 3.93. The molecule has 0 bridgehead atoms. The number of aryl methyl sites for hydroxylation is 1. The maximum absolute atomic E-state index is 12.2. The first-order chi connectivity index (χ1) is 12.1. The van der Waals surface area contributed by atoms with E-state index in [0.29, 0.717) is 17.4 Å². The summed E-state index contributed by atoms with van der Waals surface area (Å²) in [6.07, 6.45) is 1.69. The number of nitrogens with one attached hydrogen (secondary N) is 1. The van der Waals surface area contributed by atoms with Crippen LogP contribution in [0.15, 0.2) is 48.7 Å². The molecule has 1 amide bonds. The van der Waals surface area contributed by atoms with E-state index in [9.17, 15) is 9.90 Å². The second-order valence-corrected chi connectivity index (χ2v) is 6.88. The van der Waals surface area contributed by atoms with E-state index in [1.54, 1.807) is 23.0 Å². The van der Waals surface area contributed by atoms with Gasteiger partial charge >= 0.3 is 0 Å². The van der Waals surface area contributed by atoms with Gasteiger partial charge in [0.15, 0.2) is 5.82 Å². The number of hydrogen-bond acceptors (Lipinski definition) is 5. The van der Waals surface area contributed by atoms with E-state index in [1.807, 2.05) is 37.3 Å². The third kappa shape index (κ3) is 2.87. The zero-order valence-electron chi connectivity index (χ0n) is 13.5. The lowest BCUT2D eigenvalue weighted by atomic mass is 10.0. The van der Waals surface area contributed by atoms with Crippen LogP contribution in [0.1, 0.15) is 22.1 Å². The zero-order valence-corrected chi connectivity index (χ0v) is 14.3. The lowest BCUT2D eigenvalue weighted by Gasteiger charge is -2.15. The molecule has 6 nitrogen and oxygen atoms in total. The van der Waals surface area contributed by atoms with E-state index in [0.717, 1.165) is 16.8 Å². The largest absolute Gasteiger partial charge is 0.508 e. The second kappa shape index (κ2) is 6.25. The molecule has 0 radical (unpaired) electrons. The smallest absolute Gasteiger partial charge is 0.235 e. The molecule has 1 aromatic carbocycles. The van der Waals surface area contributed by atoms with Crippen molar-refractivity contribution in [2.45, 2.75) is 12.2 Å². The molecule has 1 aliphatic heterocycles. The average Bonchev–Trinajstić information content (AvgIpc) is 2.82. The average molecular weight is 352 g/mol. The van der Waals surface area contributed by atoms with Crippen LogP contribution in [0.2, 0.25) is 0 Å². The number of pyridine rings is 1. The summed E-state index contributed by atoms with van der Waals surface area (Å²) in [5, 5.41) is 17.3. The summed E-state index contributed by atoms with van der Waals surface area (Å²) in [5.41, 5.74) is 2.70. The highest BCUT2D eigenvalue weighted by Gasteiger charge is 2.30. The van der Waals surface area contributed by atoms with Gasteiger partial charge in [-0.25, -0.2) is 4.98 Å². The van der Waals surface area contributed by atoms with Crippen molar-refractivity contribution in [3.05, 3.63) is 65.5 Å². The molecule has 0 saturated carbocycles. The molecule has 25 heavy (non-hydrogen) atoms. The predicted molar refractivity (Wildman–Crippen MR) is 97.1 cm³/mol. The predicted octanol–water partition coefficient (Wildman–Crippen LogP) is 3.06. The monoisotopic (exact) mass is 352 g/mol. The summed E-state index contributed by atoms with van der Waals surface area (Å²) in [6.45, 7) is 1.92. The third-order valence-electron chi connectivity index (χ3n) is 4.05. The molecule has 2 N–H and O–H groups in total. The molecule has 1 atom stereocenters. The lowest BCUT2D eigenvalue weighted by Crippen LogP contribution is -2.16. The van der Waals surface area contributed by atoms with Gasteiger partial charge < -0.3 is 10.4 Å². The van der Waals surface area contributed by atoms with Crippen molar-refractivity contribution in [2.24, 2.45) is 0 Å². The summed E-state index contributed by atoms with van der Waals surface area (Å²) in [6, 6.07) is 12.7. The molecule has 0 saturated heterocycles. The van der Waals surface area contributed by atoms with Crippen LogP contribution in [0.3, 0.4) is 0 Å². The van der Waals surface area contributed by atoms with Crippen molar-refractivity contribution in [1.29, 1.82) is 0 Å². The molecule has 3 heterocycles. The third-order valence-corrected chi connectivity index (χ3v) is 5.32. The maximum atomic E-state index is 12.2. The number of anilines is 1. The van der Waals surface area contributed by atoms with Crippen LogP contribution in [0, 0.1) is 6.92 Å². The van der Waals surface area contributed by atoms with Gasteiger partial charge in [-0.2, -0.15) is 9.78 Å². The number of amides is 1. The highest BCUT2D eigenvalue weighted by molar-refractivity contribution is 8.00. The first-order valence-electron chi connectivity index (χ1n) is 7.85. The van der Waals surface area contributed by atoms with Gasteiger partial charge in [0.05, 0.1) is 16.7 Å². The van der Waals surface area contributed by atoms with Gasteiger partial charge in [0, 0.05) is 11.8 Å². The SMILES string of the molecule is Cc1nn(-c2ccccn2)c2c1[C@H](c1cccc(O)c1)SCC(=O)N2. The van der Waals surface area contributed by atoms with Gasteiger partial charge in [-0.05, 0) is 36.8 Å². The van der Waals surface area contributed by atoms with Crippen LogP contribution in [0.5, 0.6) is 5.75 Å². The van der Waals surface area contributed by atoms with Crippen molar-refractivity contribution in [2.75, 3.05) is 11.1 Å². The molecule has 0 fully saturated rings. The maximum Gasteiger partial charge on any atom is 0.235 e. The summed E-state index contributed by atoms with van der Waals surface area (Å²) in [5.74, 6) is 1.74. The molecule has 0 aliphatic carbocycles. The number of carbonyl (C=O) groups excluding carboxylic acids is 1. The Morgan fingerprint density at radius 2 is 2.16 bits per heavy atom. The van der Waals surface area contributed by atoms with Gasteiger partial charge in [-0.1, -0.05) is 18.2 Å². The van der Waals surface area contributed by atoms with Crippen molar-refractivity contribution >= 4 is 23.5 Å². The number of phenols is 1. The van der Waals surface area contributed by atoms with Gasteiger partial charge in [0.2, 0.25) is 5.91 Å². The highest BCUT2D eigenvalue weighted by atomic mass is 32.2. The minimum absolute atomic E-state index is 0.0778. The van der Waals surface area contributed by atoms with Crippen LogP contribution >= 0.6 is 11.8 Å². The van der Waals surface area contributed by atoms with Crippen molar-refractivity contribution < 1.29 is 9.90 Å². The number of phenolic OH excluding ortho intramolecular Hbond substituents is 1. The molecule has 7 heteroatoms. The van der Waals surface area contributed by atoms with Crippen LogP contribution in [-0.4, -0.2) is 31.5 Å². The number of fused-ring (bicyclic) bond motifs is 1. The molecular weight excluding hydrogens is 336 g/mol. The summed E-state index contributed by atoms with van der Waals surface area (Å²) in [7, 11) is 0. The second-order valence-electron chi connectivity index (χ2n) is 5.78. The van der Waals surface area contributed by atoms with E-state index in [2.05, 4.69) is 15.4 Å². The Bertz CT molecular complexity index is 940. The van der Waals surface area contributed by atoms with Gasteiger partial charge in [-0.3, -0.25) is 4.79 Å². The van der Waals surface area contributed by atoms with E-state index in [4.69, 9.17) is 0 Å². The molecule has 2 aromatic heterocycles. The molecule has 3 aromatic rings. The van der Waals surface area contributed by atoms with Gasteiger partial charge in [0.25, 0.3) is 0 Å². The molecule has 0 spiro atoms. The van der Waals surface area contributed by atoms with Crippen molar-refractivity contribution in [1.82, 2.24) is 14.8 Å². The van der Waals surface area contributed by atoms with Crippen LogP contribution in [0.25, 0.3) is 5.82 Å². The number of rotatable bonds is 2. The Hall–Kier alpha value is -2.80. The number of aromatic hydroxyl groups is 1. The molecule has 0 unspecified atom stereocenters. The molecule has 1 aliphatic rings. The van der Waals surface area contributed by atoms with E-state index < -0.39 is 0 Å². The highest BCUT2D eigenvalue weighted by Crippen LogP contribution is 2.44. The topological polar surface area (TPSA) is 80.0 Å². The fraction of sp³-hybridized carbons (Fsp3) is 0.167. The van der Waals surface area contributed by atoms with Crippen molar-refractivity contribution in [3.63, 3.8) is 0 Å². The Balaban J connectivity index is 1.90. The van der Waals surface area contributed by atoms with Gasteiger partial charge in [-0.15, -0.1) is 11.8 Å². The number of hydrogen-bond donors (Lipinski definition) is 2. The molecular formula is C18H16N4O2S. The Morgan fingerprint density at radius 3 is 2.92 bits per heavy atom. The number of nitrogens with zero attached hydrogens (tertiary/aromatic N) is 3. The molecule has 4 rings (SSSR count). The van der Waals surface area contributed by atoms with Crippen molar-refractivity contribution in [3.8, 4) is 11.6 Å². The van der Waals surface area contributed by atoms with E-state index >= 15 is 0 Å². The van der Waals surface area contributed by atoms with Gasteiger partial charge in [0.1, 0.15) is 11.6 Å². The summed E-state index contributed by atoms with van der Waals surface area (Å²) < 4.78 is 1.67. The number of thioether (sulfide) groups is 1. The van der Waals surface area contributed by atoms with Crippen LogP contribution in [-0.2, 0) is 4.79 Å². The standard InChI is InChI=1S/C18H16N4O2S/c1-11-16-17(12-5-4-6-13(23)9-12)25-10-15(24)20-18(16)22(21-11)14-7-2-3-8-19-14/h2-9,17,23H,10H2,1H3,(H,20,24)/t17-/m0/s1. The first kappa shape index (κ1) is 15.7. The minimum Gasteiger partial charge on any atom is -0.508 e. The fourth-order valence-corrected chi connectivity index (χ4v) is 4.16. The molecule has 126 valence electrons. The number of aromatic nitrogens is 3. The number of carbonyl (C=O) groups is 1. The van der Waals surface area contributed by atoms with Crippen LogP contribution in [0.4, 0.5) is 5.82 Å². The Labute approximate surface area is 148 Å². The number of benzene rings is 1. The summed E-state index contributed by atoms with van der Waals surface area (Å²) >= 11 is 1.52. The zero-order chi connectivity index (χ0) is 17.4. The van der Waals surface area contributed by atoms with Crippen LogP contribution < -0.4 is 5.32 Å². The van der Waals surface area contributed by atoms with E-state index in [1.165, 1.54) is 11.8 Å².